The van der Waals surface area contributed by atoms with Gasteiger partial charge in [0.1, 0.15) is 0 Å². The molecule has 0 saturated carbocycles. The van der Waals surface area contributed by atoms with E-state index in [-0.39, 0.29) is 24.3 Å². The Morgan fingerprint density at radius 3 is 2.38 bits per heavy atom. The van der Waals surface area contributed by atoms with Crippen molar-refractivity contribution in [3.05, 3.63) is 56.6 Å². The van der Waals surface area contributed by atoms with E-state index in [0.29, 0.717) is 10.7 Å². The maximum absolute atomic E-state index is 13.1. The number of carbonyl (C=O) groups excluding carboxylic acids is 1. The van der Waals surface area contributed by atoms with E-state index in [4.69, 9.17) is 9.05 Å². The number of thiazole rings is 1. The Hall–Kier alpha value is -1.83. The summed E-state index contributed by atoms with van der Waals surface area (Å²) >= 11 is 3.30. The third-order valence-electron chi connectivity index (χ3n) is 4.83. The number of anilines is 1. The summed E-state index contributed by atoms with van der Waals surface area (Å²) in [6.07, 6.45) is 1.73. The van der Waals surface area contributed by atoms with E-state index in [9.17, 15) is 9.36 Å². The molecule has 1 aliphatic carbocycles. The molecule has 4 rings (SSSR count). The number of hydrogen-bond acceptors (Lipinski definition) is 7. The average molecular weight is 491 g/mol. The van der Waals surface area contributed by atoms with Crippen LogP contribution in [0.25, 0.3) is 11.3 Å². The predicted octanol–water partition coefficient (Wildman–Crippen LogP) is 6.77. The summed E-state index contributed by atoms with van der Waals surface area (Å²) in [5.74, 6) is -0.215. The Bertz CT molecular complexity index is 1140. The second kappa shape index (κ2) is 9.57. The molecule has 1 amide bonds. The molecule has 0 spiro atoms. The molecule has 2 aromatic heterocycles. The summed E-state index contributed by atoms with van der Waals surface area (Å²) in [5.41, 5.74) is 3.49. The van der Waals surface area contributed by atoms with E-state index in [1.165, 1.54) is 26.7 Å². The molecule has 0 bridgehead atoms. The molecule has 1 N–H and O–H groups in total. The Morgan fingerprint density at radius 1 is 1.06 bits per heavy atom. The second-order valence-corrected chi connectivity index (χ2v) is 12.3. The second-order valence-electron chi connectivity index (χ2n) is 8.28. The van der Waals surface area contributed by atoms with Crippen LogP contribution in [0.5, 0.6) is 0 Å². The Morgan fingerprint density at radius 2 is 1.72 bits per heavy atom. The first-order chi connectivity index (χ1) is 15.2. The lowest BCUT2D eigenvalue weighted by atomic mass is 10.0. The lowest BCUT2D eigenvalue weighted by Crippen LogP contribution is -2.12. The standard InChI is InChI=1S/C23H27N2O4PS2/c1-14(2)28-30(27,29-15(3)4)13-16-5-7-17(8-6-16)22(26)25-23-24-21-18-11-12-31-19(18)9-10-20(21)32-23/h5-8,11-12,14-15H,9-10,13H2,1-4H3,(H,24,25,26). The summed E-state index contributed by atoms with van der Waals surface area (Å²) in [5, 5.41) is 5.63. The third-order valence-corrected chi connectivity index (χ3v) is 9.08. The van der Waals surface area contributed by atoms with E-state index >= 15 is 0 Å². The number of thiophene rings is 1. The monoisotopic (exact) mass is 490 g/mol. The van der Waals surface area contributed by atoms with Crippen molar-refractivity contribution in [2.24, 2.45) is 0 Å². The largest absolute Gasteiger partial charge is 0.335 e. The van der Waals surface area contributed by atoms with Crippen LogP contribution in [0.2, 0.25) is 0 Å². The summed E-state index contributed by atoms with van der Waals surface area (Å²) in [6, 6.07) is 9.14. The minimum absolute atomic E-state index is 0.160. The van der Waals surface area contributed by atoms with Gasteiger partial charge in [0.15, 0.2) is 5.13 Å². The van der Waals surface area contributed by atoms with Crippen molar-refractivity contribution in [2.45, 2.75) is 58.9 Å². The number of rotatable bonds is 8. The smallest absolute Gasteiger partial charge is 0.306 e. The van der Waals surface area contributed by atoms with Gasteiger partial charge < -0.3 is 9.05 Å². The molecule has 3 aromatic rings. The maximum atomic E-state index is 13.1. The number of aryl methyl sites for hydroxylation is 2. The molecule has 32 heavy (non-hydrogen) atoms. The van der Waals surface area contributed by atoms with E-state index in [0.717, 1.165) is 24.1 Å². The van der Waals surface area contributed by atoms with E-state index < -0.39 is 7.60 Å². The highest BCUT2D eigenvalue weighted by Crippen LogP contribution is 2.53. The van der Waals surface area contributed by atoms with Crippen molar-refractivity contribution in [3.8, 4) is 11.3 Å². The van der Waals surface area contributed by atoms with E-state index in [1.54, 1.807) is 35.6 Å². The molecule has 1 aromatic carbocycles. The van der Waals surface area contributed by atoms with Gasteiger partial charge in [-0.2, -0.15) is 0 Å². The molecule has 170 valence electrons. The van der Waals surface area contributed by atoms with Gasteiger partial charge in [0.25, 0.3) is 5.91 Å². The summed E-state index contributed by atoms with van der Waals surface area (Å²) in [6.45, 7) is 7.33. The lowest BCUT2D eigenvalue weighted by molar-refractivity contribution is 0.102. The number of aromatic nitrogens is 1. The highest BCUT2D eigenvalue weighted by Gasteiger charge is 2.28. The van der Waals surface area contributed by atoms with Crippen molar-refractivity contribution in [1.82, 2.24) is 4.98 Å². The fourth-order valence-electron chi connectivity index (χ4n) is 3.65. The number of carbonyl (C=O) groups is 1. The quantitative estimate of drug-likeness (QED) is 0.353. The predicted molar refractivity (Wildman–Crippen MR) is 131 cm³/mol. The van der Waals surface area contributed by atoms with Crippen LogP contribution in [0.3, 0.4) is 0 Å². The molecule has 1 aliphatic rings. The number of benzene rings is 1. The molecule has 6 nitrogen and oxygen atoms in total. The van der Waals surface area contributed by atoms with Crippen LogP contribution in [0.4, 0.5) is 5.13 Å². The Kier molecular flexibility index (Phi) is 6.98. The fraction of sp³-hybridized carbons (Fsp3) is 0.391. The van der Waals surface area contributed by atoms with Crippen LogP contribution in [0.15, 0.2) is 35.7 Å². The SMILES string of the molecule is CC(C)OP(=O)(Cc1ccc(C(=O)Nc2nc3c(s2)CCc2sccc2-3)cc1)OC(C)C. The zero-order valence-corrected chi connectivity index (χ0v) is 21.1. The summed E-state index contributed by atoms with van der Waals surface area (Å²) in [7, 11) is -3.28. The first-order valence-electron chi connectivity index (χ1n) is 10.6. The molecule has 9 heteroatoms. The van der Waals surface area contributed by atoms with Gasteiger partial charge in [-0.25, -0.2) is 4.98 Å². The summed E-state index contributed by atoms with van der Waals surface area (Å²) in [4.78, 5) is 20.0. The summed E-state index contributed by atoms with van der Waals surface area (Å²) < 4.78 is 24.3. The molecule has 0 aliphatic heterocycles. The molecular formula is C23H27N2O4PS2. The van der Waals surface area contributed by atoms with Crippen molar-refractivity contribution in [3.63, 3.8) is 0 Å². The van der Waals surface area contributed by atoms with Gasteiger partial charge in [-0.1, -0.05) is 12.1 Å². The number of hydrogen-bond donors (Lipinski definition) is 1. The average Bonchev–Trinajstić information content (AvgIpc) is 3.32. The van der Waals surface area contributed by atoms with Gasteiger partial charge in [0, 0.05) is 20.9 Å². The molecule has 0 unspecified atom stereocenters. The highest BCUT2D eigenvalue weighted by molar-refractivity contribution is 7.53. The van der Waals surface area contributed by atoms with Crippen LogP contribution in [0.1, 0.15) is 53.4 Å². The van der Waals surface area contributed by atoms with Gasteiger partial charge in [-0.3, -0.25) is 14.7 Å². The number of nitrogens with zero attached hydrogens (tertiary/aromatic N) is 1. The third kappa shape index (κ3) is 5.38. The fourth-order valence-corrected chi connectivity index (χ4v) is 7.65. The Labute approximate surface area is 196 Å². The topological polar surface area (TPSA) is 77.5 Å². The molecule has 0 saturated heterocycles. The number of amides is 1. The number of fused-ring (bicyclic) bond motifs is 3. The van der Waals surface area contributed by atoms with Gasteiger partial charge in [-0.15, -0.1) is 22.7 Å². The van der Waals surface area contributed by atoms with Gasteiger partial charge >= 0.3 is 7.60 Å². The van der Waals surface area contributed by atoms with Crippen molar-refractivity contribution < 1.29 is 18.4 Å². The van der Waals surface area contributed by atoms with Gasteiger partial charge in [0.2, 0.25) is 0 Å². The lowest BCUT2D eigenvalue weighted by Gasteiger charge is -2.22. The van der Waals surface area contributed by atoms with Crippen molar-refractivity contribution in [2.75, 3.05) is 5.32 Å². The molecule has 0 atom stereocenters. The Balaban J connectivity index is 1.44. The van der Waals surface area contributed by atoms with Crippen LogP contribution in [-0.2, 0) is 32.6 Å². The van der Waals surface area contributed by atoms with Crippen LogP contribution >= 0.6 is 30.3 Å². The van der Waals surface area contributed by atoms with E-state index in [2.05, 4.69) is 21.7 Å². The zero-order chi connectivity index (χ0) is 22.9. The van der Waals surface area contributed by atoms with Crippen molar-refractivity contribution in [1.29, 1.82) is 0 Å². The van der Waals surface area contributed by atoms with Crippen molar-refractivity contribution >= 4 is 41.3 Å². The zero-order valence-electron chi connectivity index (χ0n) is 18.6. The van der Waals surface area contributed by atoms with Gasteiger partial charge in [0.05, 0.1) is 24.1 Å². The molecular weight excluding hydrogens is 463 g/mol. The normalized spacial score (nSPS) is 13.3. The van der Waals surface area contributed by atoms with Crippen LogP contribution in [0, 0.1) is 0 Å². The van der Waals surface area contributed by atoms with E-state index in [1.807, 2.05) is 27.7 Å². The molecule has 2 heterocycles. The molecule has 0 radical (unpaired) electrons. The molecule has 0 fully saturated rings. The first-order valence-corrected chi connectivity index (χ1v) is 14.1. The maximum Gasteiger partial charge on any atom is 0.335 e. The van der Waals surface area contributed by atoms with Crippen LogP contribution in [-0.4, -0.2) is 23.1 Å². The number of nitrogens with one attached hydrogen (secondary N) is 1. The first kappa shape index (κ1) is 23.3. The minimum Gasteiger partial charge on any atom is -0.306 e. The van der Waals surface area contributed by atoms with Crippen LogP contribution < -0.4 is 5.32 Å². The minimum atomic E-state index is -3.28. The highest BCUT2D eigenvalue weighted by atomic mass is 32.1. The van der Waals surface area contributed by atoms with Gasteiger partial charge in [-0.05, 0) is 69.7 Å².